The number of nitrogen functional groups attached to an aromatic ring is 1. The fraction of sp³-hybridized carbons (Fsp3) is 0.455. The molecule has 0 aliphatic heterocycles. The Hall–Kier alpha value is -1.22. The van der Waals surface area contributed by atoms with Crippen molar-refractivity contribution in [1.82, 2.24) is 0 Å². The van der Waals surface area contributed by atoms with Crippen LogP contribution in [0.4, 0.5) is 5.69 Å². The molecule has 14 heavy (non-hydrogen) atoms. The third-order valence-electron chi connectivity index (χ3n) is 2.34. The summed E-state index contributed by atoms with van der Waals surface area (Å²) in [5, 5.41) is 9.34. The summed E-state index contributed by atoms with van der Waals surface area (Å²) in [6, 6.07) is 4.70. The second-order valence-corrected chi connectivity index (χ2v) is 4.66. The highest BCUT2D eigenvalue weighted by molar-refractivity contribution is 5.52. The molecule has 0 aliphatic carbocycles. The molecule has 0 unspecified atom stereocenters. The van der Waals surface area contributed by atoms with Gasteiger partial charge in [0, 0.05) is 11.7 Å². The highest BCUT2D eigenvalue weighted by Gasteiger charge is 2.24. The zero-order valence-corrected chi connectivity index (χ0v) is 8.91. The maximum atomic E-state index is 9.34. The van der Waals surface area contributed by atoms with E-state index in [0.717, 1.165) is 5.56 Å². The summed E-state index contributed by atoms with van der Waals surface area (Å²) in [5.74, 6) is 0.203. The Morgan fingerprint density at radius 1 is 1.29 bits per heavy atom. The van der Waals surface area contributed by atoms with Crippen LogP contribution in [0.1, 0.15) is 32.4 Å². The lowest BCUT2D eigenvalue weighted by Crippen LogP contribution is -2.27. The predicted octanol–water partition coefficient (Wildman–Crippen LogP) is 2.02. The van der Waals surface area contributed by atoms with Crippen molar-refractivity contribution in [3.05, 3.63) is 23.8 Å². The summed E-state index contributed by atoms with van der Waals surface area (Å²) in [6.07, 6.45) is 0. The van der Waals surface area contributed by atoms with Crippen LogP contribution in [0.25, 0.3) is 0 Å². The minimum absolute atomic E-state index is 0.0675. The Kier molecular flexibility index (Phi) is 2.71. The summed E-state index contributed by atoms with van der Waals surface area (Å²) in [5.41, 5.74) is 13.2. The lowest BCUT2D eigenvalue weighted by molar-refractivity contribution is 0.327. The molecular weight excluding hydrogens is 176 g/mol. The normalized spacial score (nSPS) is 14.0. The van der Waals surface area contributed by atoms with Gasteiger partial charge in [-0.1, -0.05) is 20.8 Å². The number of hydrogen-bond acceptors (Lipinski definition) is 3. The van der Waals surface area contributed by atoms with Crippen molar-refractivity contribution in [3.8, 4) is 5.75 Å². The first-order valence-corrected chi connectivity index (χ1v) is 4.66. The first-order valence-electron chi connectivity index (χ1n) is 4.66. The van der Waals surface area contributed by atoms with Crippen LogP contribution in [0.3, 0.4) is 0 Å². The van der Waals surface area contributed by atoms with Gasteiger partial charge in [-0.2, -0.15) is 0 Å². The average Bonchev–Trinajstić information content (AvgIpc) is 2.06. The summed E-state index contributed by atoms with van der Waals surface area (Å²) < 4.78 is 0. The molecule has 0 radical (unpaired) electrons. The van der Waals surface area contributed by atoms with Gasteiger partial charge >= 0.3 is 0 Å². The standard InChI is InChI=1S/C11H18N2O/c1-11(2,3)10(13)8-6-7(14)4-5-9(8)12/h4-6,10,14H,12-13H2,1-3H3/t10-/m1/s1. The Bertz CT molecular complexity index is 329. The Morgan fingerprint density at radius 3 is 2.36 bits per heavy atom. The molecule has 0 heterocycles. The Labute approximate surface area is 84.7 Å². The maximum Gasteiger partial charge on any atom is 0.116 e. The van der Waals surface area contributed by atoms with Gasteiger partial charge in [0.2, 0.25) is 0 Å². The van der Waals surface area contributed by atoms with Gasteiger partial charge in [-0.15, -0.1) is 0 Å². The topological polar surface area (TPSA) is 72.3 Å². The van der Waals surface area contributed by atoms with E-state index in [1.165, 1.54) is 0 Å². The number of nitrogens with two attached hydrogens (primary N) is 2. The highest BCUT2D eigenvalue weighted by Crippen LogP contribution is 2.34. The molecular formula is C11H18N2O. The van der Waals surface area contributed by atoms with Gasteiger partial charge in [0.25, 0.3) is 0 Å². The van der Waals surface area contributed by atoms with E-state index in [2.05, 4.69) is 0 Å². The van der Waals surface area contributed by atoms with Crippen molar-refractivity contribution >= 4 is 5.69 Å². The molecule has 1 rings (SSSR count). The van der Waals surface area contributed by atoms with E-state index in [0.29, 0.717) is 5.69 Å². The molecule has 0 amide bonds. The van der Waals surface area contributed by atoms with Crippen LogP contribution < -0.4 is 11.5 Å². The van der Waals surface area contributed by atoms with Crippen LogP contribution in [0.5, 0.6) is 5.75 Å². The van der Waals surface area contributed by atoms with Gasteiger partial charge in [0.05, 0.1) is 0 Å². The molecule has 0 spiro atoms. The number of phenolic OH excluding ortho intramolecular Hbond substituents is 1. The quantitative estimate of drug-likeness (QED) is 0.473. The largest absolute Gasteiger partial charge is 0.508 e. The van der Waals surface area contributed by atoms with E-state index in [9.17, 15) is 5.11 Å². The predicted molar refractivity (Wildman–Crippen MR) is 58.9 cm³/mol. The van der Waals surface area contributed by atoms with Crippen LogP contribution in [-0.2, 0) is 0 Å². The first kappa shape index (κ1) is 10.9. The molecule has 0 bridgehead atoms. The molecule has 0 aromatic heterocycles. The third kappa shape index (κ3) is 2.17. The number of benzene rings is 1. The van der Waals surface area contributed by atoms with Gasteiger partial charge in [-0.05, 0) is 29.2 Å². The molecule has 0 saturated heterocycles. The highest BCUT2D eigenvalue weighted by atomic mass is 16.3. The van der Waals surface area contributed by atoms with Crippen molar-refractivity contribution in [2.45, 2.75) is 26.8 Å². The van der Waals surface area contributed by atoms with Crippen molar-refractivity contribution < 1.29 is 5.11 Å². The summed E-state index contributed by atoms with van der Waals surface area (Å²) in [4.78, 5) is 0. The van der Waals surface area contributed by atoms with Crippen LogP contribution in [0.2, 0.25) is 0 Å². The molecule has 1 aromatic rings. The molecule has 3 heteroatoms. The molecule has 0 saturated carbocycles. The molecule has 1 atom stereocenters. The molecule has 1 aromatic carbocycles. The summed E-state index contributed by atoms with van der Waals surface area (Å²) in [6.45, 7) is 6.13. The first-order chi connectivity index (χ1) is 6.32. The number of aromatic hydroxyl groups is 1. The van der Waals surface area contributed by atoms with Gasteiger partial charge in [-0.3, -0.25) is 0 Å². The molecule has 5 N–H and O–H groups in total. The Balaban J connectivity index is 3.12. The number of anilines is 1. The fourth-order valence-electron chi connectivity index (χ4n) is 1.30. The molecule has 78 valence electrons. The van der Waals surface area contributed by atoms with Gasteiger partial charge in [0.15, 0.2) is 0 Å². The minimum atomic E-state index is -0.172. The van der Waals surface area contributed by atoms with Crippen LogP contribution in [-0.4, -0.2) is 5.11 Å². The molecule has 0 aliphatic rings. The zero-order valence-electron chi connectivity index (χ0n) is 8.91. The monoisotopic (exact) mass is 194 g/mol. The van der Waals surface area contributed by atoms with E-state index in [-0.39, 0.29) is 17.2 Å². The third-order valence-corrected chi connectivity index (χ3v) is 2.34. The van der Waals surface area contributed by atoms with Gasteiger partial charge < -0.3 is 16.6 Å². The van der Waals surface area contributed by atoms with Gasteiger partial charge in [0.1, 0.15) is 5.75 Å². The Morgan fingerprint density at radius 2 is 1.86 bits per heavy atom. The lowest BCUT2D eigenvalue weighted by Gasteiger charge is -2.28. The van der Waals surface area contributed by atoms with Gasteiger partial charge in [-0.25, -0.2) is 0 Å². The summed E-state index contributed by atoms with van der Waals surface area (Å²) in [7, 11) is 0. The van der Waals surface area contributed by atoms with E-state index >= 15 is 0 Å². The van der Waals surface area contributed by atoms with Crippen LogP contribution >= 0.6 is 0 Å². The second kappa shape index (κ2) is 3.50. The van der Waals surface area contributed by atoms with Crippen molar-refractivity contribution in [3.63, 3.8) is 0 Å². The van der Waals surface area contributed by atoms with E-state index in [1.807, 2.05) is 20.8 Å². The average molecular weight is 194 g/mol. The second-order valence-electron chi connectivity index (χ2n) is 4.66. The maximum absolute atomic E-state index is 9.34. The SMILES string of the molecule is CC(C)(C)[C@H](N)c1cc(O)ccc1N. The zero-order chi connectivity index (χ0) is 10.9. The number of hydrogen-bond donors (Lipinski definition) is 3. The van der Waals surface area contributed by atoms with Crippen LogP contribution in [0, 0.1) is 5.41 Å². The molecule has 0 fully saturated rings. The number of phenols is 1. The van der Waals surface area contributed by atoms with Crippen molar-refractivity contribution in [2.24, 2.45) is 11.1 Å². The molecule has 3 nitrogen and oxygen atoms in total. The fourth-order valence-corrected chi connectivity index (χ4v) is 1.30. The van der Waals surface area contributed by atoms with E-state index < -0.39 is 0 Å². The minimum Gasteiger partial charge on any atom is -0.508 e. The lowest BCUT2D eigenvalue weighted by atomic mass is 9.82. The summed E-state index contributed by atoms with van der Waals surface area (Å²) >= 11 is 0. The van der Waals surface area contributed by atoms with Crippen LogP contribution in [0.15, 0.2) is 18.2 Å². The van der Waals surface area contributed by atoms with Crippen molar-refractivity contribution in [1.29, 1.82) is 0 Å². The van der Waals surface area contributed by atoms with Crippen molar-refractivity contribution in [2.75, 3.05) is 5.73 Å². The van der Waals surface area contributed by atoms with E-state index in [4.69, 9.17) is 11.5 Å². The van der Waals surface area contributed by atoms with E-state index in [1.54, 1.807) is 18.2 Å². The number of rotatable bonds is 1. The smallest absolute Gasteiger partial charge is 0.116 e.